The van der Waals surface area contributed by atoms with Crippen LogP contribution in [0.4, 0.5) is 0 Å². The van der Waals surface area contributed by atoms with Crippen LogP contribution in [0.5, 0.6) is 0 Å². The fourth-order valence-electron chi connectivity index (χ4n) is 5.75. The summed E-state index contributed by atoms with van der Waals surface area (Å²) in [5, 5.41) is 11.5. The number of methoxy groups -OCH3 is 1. The van der Waals surface area contributed by atoms with Crippen molar-refractivity contribution in [3.05, 3.63) is 22.8 Å². The van der Waals surface area contributed by atoms with E-state index in [9.17, 15) is 19.5 Å². The van der Waals surface area contributed by atoms with E-state index in [1.165, 1.54) is 13.2 Å². The van der Waals surface area contributed by atoms with Gasteiger partial charge in [-0.2, -0.15) is 0 Å². The number of rotatable bonds is 2. The molecule has 2 heterocycles. The molecule has 1 saturated carbocycles. The molecule has 4 rings (SSSR count). The minimum atomic E-state index is -2.20. The van der Waals surface area contributed by atoms with Gasteiger partial charge in [-0.3, -0.25) is 4.79 Å². The molecule has 1 saturated heterocycles. The number of carbonyl (C=O) groups is 3. The minimum absolute atomic E-state index is 0.0691. The quantitative estimate of drug-likeness (QED) is 0.569. The van der Waals surface area contributed by atoms with E-state index in [1.807, 2.05) is 27.7 Å². The van der Waals surface area contributed by atoms with Crippen LogP contribution in [0.15, 0.2) is 22.8 Å². The van der Waals surface area contributed by atoms with E-state index < -0.39 is 46.5 Å². The molecule has 0 radical (unpaired) electrons. The third kappa shape index (κ3) is 2.11. The molecule has 4 aliphatic rings. The largest absolute Gasteiger partial charge is 0.466 e. The number of hydrogen-bond acceptors (Lipinski definition) is 7. The fraction of sp³-hybridized carbons (Fsp3) is 0.667. The lowest BCUT2D eigenvalue weighted by molar-refractivity contribution is -0.244. The Kier molecular flexibility index (Phi) is 3.90. The lowest BCUT2D eigenvalue weighted by atomic mass is 9.48. The van der Waals surface area contributed by atoms with Crippen LogP contribution in [-0.2, 0) is 28.6 Å². The van der Waals surface area contributed by atoms with Crippen molar-refractivity contribution in [1.82, 2.24) is 0 Å². The average Bonchev–Trinajstić information content (AvgIpc) is 2.88. The van der Waals surface area contributed by atoms with Gasteiger partial charge in [-0.05, 0) is 30.3 Å². The van der Waals surface area contributed by atoms with E-state index in [2.05, 4.69) is 0 Å². The molecular weight excluding hydrogens is 364 g/mol. The molecular formula is C21H26O7. The van der Waals surface area contributed by atoms with Gasteiger partial charge in [0.2, 0.25) is 0 Å². The molecule has 0 amide bonds. The first-order valence-corrected chi connectivity index (χ1v) is 9.72. The summed E-state index contributed by atoms with van der Waals surface area (Å²) in [6.45, 7) is 7.62. The van der Waals surface area contributed by atoms with Crippen LogP contribution >= 0.6 is 0 Å². The smallest absolute Gasteiger partial charge is 0.337 e. The Balaban J connectivity index is 2.09. The van der Waals surface area contributed by atoms with E-state index >= 15 is 0 Å². The van der Waals surface area contributed by atoms with Gasteiger partial charge in [-0.15, -0.1) is 0 Å². The van der Waals surface area contributed by atoms with Crippen molar-refractivity contribution in [2.24, 2.45) is 22.7 Å². The number of esters is 3. The Labute approximate surface area is 163 Å². The minimum Gasteiger partial charge on any atom is -0.466 e. The van der Waals surface area contributed by atoms with Gasteiger partial charge in [-0.1, -0.05) is 34.1 Å². The second-order valence-electron chi connectivity index (χ2n) is 9.24. The van der Waals surface area contributed by atoms with Crippen molar-refractivity contribution in [2.75, 3.05) is 7.11 Å². The Hall–Kier alpha value is -2.15. The lowest BCUT2D eigenvalue weighted by Gasteiger charge is -2.54. The number of carbonyl (C=O) groups excluding carboxylic acids is 3. The first-order valence-electron chi connectivity index (χ1n) is 9.72. The van der Waals surface area contributed by atoms with E-state index in [1.54, 1.807) is 0 Å². The van der Waals surface area contributed by atoms with E-state index in [4.69, 9.17) is 14.2 Å². The van der Waals surface area contributed by atoms with Gasteiger partial charge in [0.25, 0.3) is 5.79 Å². The molecule has 7 nitrogen and oxygen atoms in total. The van der Waals surface area contributed by atoms with Gasteiger partial charge in [0.1, 0.15) is 5.41 Å². The van der Waals surface area contributed by atoms with Crippen LogP contribution in [0.25, 0.3) is 0 Å². The van der Waals surface area contributed by atoms with E-state index in [0.717, 1.165) is 12.8 Å². The van der Waals surface area contributed by atoms with Crippen LogP contribution in [0.2, 0.25) is 0 Å². The molecule has 2 aliphatic heterocycles. The molecule has 7 heteroatoms. The predicted molar refractivity (Wildman–Crippen MR) is 96.4 cm³/mol. The van der Waals surface area contributed by atoms with Gasteiger partial charge in [0.15, 0.2) is 6.10 Å². The molecule has 28 heavy (non-hydrogen) atoms. The van der Waals surface area contributed by atoms with Gasteiger partial charge in [0.05, 0.1) is 12.7 Å². The number of aliphatic hydroxyl groups is 1. The summed E-state index contributed by atoms with van der Waals surface area (Å²) >= 11 is 0. The molecule has 0 aromatic carbocycles. The van der Waals surface area contributed by atoms with Crippen molar-refractivity contribution >= 4 is 17.9 Å². The molecule has 0 aromatic heterocycles. The highest BCUT2D eigenvalue weighted by Gasteiger charge is 2.76. The van der Waals surface area contributed by atoms with Gasteiger partial charge in [-0.25, -0.2) is 9.59 Å². The summed E-state index contributed by atoms with van der Waals surface area (Å²) in [7, 11) is 1.24. The summed E-state index contributed by atoms with van der Waals surface area (Å²) in [6, 6.07) is 0. The highest BCUT2D eigenvalue weighted by molar-refractivity contribution is 6.03. The molecule has 2 unspecified atom stereocenters. The third-order valence-electron chi connectivity index (χ3n) is 6.95. The SMILES string of the molecule is COC(=O)C1=C2C=C(C(C)C)C(=O)OC2(O)C2OC(=O)[C@@]13CCCC(C)(C)[C@H]23. The summed E-state index contributed by atoms with van der Waals surface area (Å²) in [5.74, 6) is -4.82. The Morgan fingerprint density at radius 3 is 2.57 bits per heavy atom. The molecule has 152 valence electrons. The number of hydrogen-bond donors (Lipinski definition) is 1. The predicted octanol–water partition coefficient (Wildman–Crippen LogP) is 2.04. The van der Waals surface area contributed by atoms with Crippen molar-refractivity contribution in [1.29, 1.82) is 0 Å². The van der Waals surface area contributed by atoms with Crippen molar-refractivity contribution in [3.63, 3.8) is 0 Å². The van der Waals surface area contributed by atoms with Crippen LogP contribution in [0.1, 0.15) is 47.0 Å². The topological polar surface area (TPSA) is 99.1 Å². The van der Waals surface area contributed by atoms with Crippen molar-refractivity contribution in [2.45, 2.75) is 58.8 Å². The maximum atomic E-state index is 13.2. The summed E-state index contributed by atoms with van der Waals surface area (Å²) in [6.07, 6.45) is 2.40. The summed E-state index contributed by atoms with van der Waals surface area (Å²) in [4.78, 5) is 38.7. The van der Waals surface area contributed by atoms with Crippen LogP contribution in [0.3, 0.4) is 0 Å². The molecule has 2 aliphatic carbocycles. The highest BCUT2D eigenvalue weighted by Crippen LogP contribution is 2.67. The maximum absolute atomic E-state index is 13.2. The zero-order valence-electron chi connectivity index (χ0n) is 16.8. The van der Waals surface area contributed by atoms with Crippen LogP contribution in [-0.4, -0.2) is 42.0 Å². The van der Waals surface area contributed by atoms with Crippen molar-refractivity contribution in [3.8, 4) is 0 Å². The van der Waals surface area contributed by atoms with Crippen LogP contribution < -0.4 is 0 Å². The first-order chi connectivity index (χ1) is 13.0. The maximum Gasteiger partial charge on any atom is 0.337 e. The molecule has 0 aromatic rings. The zero-order valence-corrected chi connectivity index (χ0v) is 16.8. The Morgan fingerprint density at radius 1 is 1.29 bits per heavy atom. The van der Waals surface area contributed by atoms with E-state index in [-0.39, 0.29) is 17.1 Å². The monoisotopic (exact) mass is 390 g/mol. The number of ether oxygens (including phenoxy) is 3. The molecule has 4 atom stereocenters. The lowest BCUT2D eigenvalue weighted by Crippen LogP contribution is -2.62. The summed E-state index contributed by atoms with van der Waals surface area (Å²) in [5.41, 5.74) is -1.10. The molecule has 2 bridgehead atoms. The first kappa shape index (κ1) is 19.2. The second kappa shape index (κ2) is 5.69. The second-order valence-corrected chi connectivity index (χ2v) is 9.24. The van der Waals surface area contributed by atoms with E-state index in [0.29, 0.717) is 12.0 Å². The van der Waals surface area contributed by atoms with Gasteiger partial charge >= 0.3 is 17.9 Å². The fourth-order valence-corrected chi connectivity index (χ4v) is 5.75. The Bertz CT molecular complexity index is 849. The molecule has 1 N–H and O–H groups in total. The normalized spacial score (nSPS) is 38.3. The van der Waals surface area contributed by atoms with Gasteiger partial charge < -0.3 is 19.3 Å². The van der Waals surface area contributed by atoms with Gasteiger partial charge in [0, 0.05) is 17.1 Å². The molecule has 2 fully saturated rings. The Morgan fingerprint density at radius 2 is 1.96 bits per heavy atom. The average molecular weight is 390 g/mol. The standard InChI is InChI=1S/C21H26O7/c1-10(2)11-9-12-13(17(23)26-5)20-8-6-7-19(3,4)14(20)15(27-18(20)24)21(12,25)28-16(11)22/h9-10,14-15,25H,6-8H2,1-5H3/t14-,15?,20-,21?/m0/s1. The van der Waals surface area contributed by atoms with Crippen LogP contribution in [0, 0.1) is 22.7 Å². The molecule has 0 spiro atoms. The number of fused-ring (bicyclic) bond motifs is 2. The van der Waals surface area contributed by atoms with Crippen molar-refractivity contribution < 1.29 is 33.7 Å². The zero-order chi connectivity index (χ0) is 20.6. The highest BCUT2D eigenvalue weighted by atomic mass is 16.7. The summed E-state index contributed by atoms with van der Waals surface area (Å²) < 4.78 is 16.2. The third-order valence-corrected chi connectivity index (χ3v) is 6.95.